The van der Waals surface area contributed by atoms with Crippen molar-refractivity contribution in [3.05, 3.63) is 65.9 Å². The van der Waals surface area contributed by atoms with Gasteiger partial charge in [0.05, 0.1) is 0 Å². The number of hydrogen-bond donors (Lipinski definition) is 2. The molecule has 1 aliphatic heterocycles. The Kier molecular flexibility index (Phi) is 3.30. The molecule has 1 unspecified atom stereocenters. The fourth-order valence-electron chi connectivity index (χ4n) is 3.51. The number of carboxylic acid groups (broad SMARTS) is 1. The summed E-state index contributed by atoms with van der Waals surface area (Å²) in [4.78, 5) is 17.4. The molecule has 0 spiro atoms. The van der Waals surface area contributed by atoms with Crippen LogP contribution in [0.3, 0.4) is 0 Å². The summed E-state index contributed by atoms with van der Waals surface area (Å²) in [6, 6.07) is 18.1. The molecule has 0 bridgehead atoms. The Morgan fingerprint density at radius 3 is 2.61 bits per heavy atom. The van der Waals surface area contributed by atoms with Crippen LogP contribution < -0.4 is 4.90 Å². The van der Waals surface area contributed by atoms with Gasteiger partial charge in [0.15, 0.2) is 0 Å². The number of aliphatic carboxylic acids is 1. The Balaban J connectivity index is 1.79. The number of nitrogens with one attached hydrogen (secondary N) is 1. The van der Waals surface area contributed by atoms with E-state index in [2.05, 4.69) is 16.0 Å². The number of carboxylic acids is 1. The van der Waals surface area contributed by atoms with E-state index >= 15 is 0 Å². The largest absolute Gasteiger partial charge is 0.481 e. The minimum atomic E-state index is -0.777. The predicted molar refractivity (Wildman–Crippen MR) is 91.0 cm³/mol. The summed E-state index contributed by atoms with van der Waals surface area (Å²) in [6.45, 7) is 1.31. The van der Waals surface area contributed by atoms with Crippen molar-refractivity contribution >= 4 is 22.6 Å². The number of aromatic amines is 1. The highest BCUT2D eigenvalue weighted by Crippen LogP contribution is 2.33. The molecule has 2 heterocycles. The first kappa shape index (κ1) is 13.9. The quantitative estimate of drug-likeness (QED) is 0.763. The summed E-state index contributed by atoms with van der Waals surface area (Å²) in [5, 5.41) is 10.9. The molecule has 0 radical (unpaired) electrons. The van der Waals surface area contributed by atoms with Gasteiger partial charge in [0, 0.05) is 35.4 Å². The van der Waals surface area contributed by atoms with Gasteiger partial charge in [-0.05, 0) is 30.2 Å². The van der Waals surface area contributed by atoms with Crippen LogP contribution in [-0.2, 0) is 11.2 Å². The summed E-state index contributed by atoms with van der Waals surface area (Å²) in [5.74, 6) is -1.32. The van der Waals surface area contributed by atoms with Crippen LogP contribution in [0, 0.1) is 0 Å². The summed E-state index contributed by atoms with van der Waals surface area (Å²) in [5.41, 5.74) is 4.11. The highest BCUT2D eigenvalue weighted by Gasteiger charge is 2.31. The minimum Gasteiger partial charge on any atom is -0.481 e. The van der Waals surface area contributed by atoms with Crippen LogP contribution in [0.25, 0.3) is 10.9 Å². The second-order valence-corrected chi connectivity index (χ2v) is 5.99. The topological polar surface area (TPSA) is 56.3 Å². The van der Waals surface area contributed by atoms with Crippen molar-refractivity contribution in [3.8, 4) is 0 Å². The van der Waals surface area contributed by atoms with Gasteiger partial charge in [-0.2, -0.15) is 0 Å². The van der Waals surface area contributed by atoms with Gasteiger partial charge in [-0.3, -0.25) is 4.79 Å². The van der Waals surface area contributed by atoms with Gasteiger partial charge in [-0.1, -0.05) is 36.4 Å². The Labute approximate surface area is 134 Å². The third-order valence-corrected chi connectivity index (χ3v) is 4.65. The van der Waals surface area contributed by atoms with Crippen LogP contribution in [0.1, 0.15) is 17.2 Å². The third kappa shape index (κ3) is 2.36. The van der Waals surface area contributed by atoms with E-state index in [1.54, 1.807) is 0 Å². The smallest absolute Gasteiger partial charge is 0.314 e. The molecular formula is C19H18N2O2. The van der Waals surface area contributed by atoms with E-state index in [0.29, 0.717) is 6.54 Å². The van der Waals surface area contributed by atoms with E-state index in [9.17, 15) is 9.90 Å². The van der Waals surface area contributed by atoms with Gasteiger partial charge < -0.3 is 15.0 Å². The second kappa shape index (κ2) is 5.47. The van der Waals surface area contributed by atoms with Crippen LogP contribution in [0.4, 0.5) is 5.69 Å². The maximum absolute atomic E-state index is 11.9. The highest BCUT2D eigenvalue weighted by atomic mass is 16.4. The molecule has 2 N–H and O–H groups in total. The number of para-hydroxylation sites is 2. The standard InChI is InChI=1S/C19H18N2O2/c22-19(23)16-12-21(13-6-2-1-3-7-13)11-10-15-14-8-4-5-9-17(14)20-18(15)16/h1-9,16,20H,10-12H2,(H,22,23). The molecule has 3 aromatic rings. The van der Waals surface area contributed by atoms with Crippen LogP contribution >= 0.6 is 0 Å². The maximum atomic E-state index is 11.9. The molecule has 0 aliphatic carbocycles. The molecule has 116 valence electrons. The van der Waals surface area contributed by atoms with E-state index in [1.165, 1.54) is 0 Å². The number of anilines is 1. The SMILES string of the molecule is O=C(O)C1CN(c2ccccc2)CCc2c1[nH]c1ccccc21. The molecule has 0 fully saturated rings. The number of nitrogens with zero attached hydrogens (tertiary/aromatic N) is 1. The van der Waals surface area contributed by atoms with Crippen LogP contribution in [0.2, 0.25) is 0 Å². The first-order chi connectivity index (χ1) is 11.2. The molecule has 4 rings (SSSR count). The second-order valence-electron chi connectivity index (χ2n) is 5.99. The lowest BCUT2D eigenvalue weighted by Crippen LogP contribution is -2.31. The molecular weight excluding hydrogens is 288 g/mol. The fourth-order valence-corrected chi connectivity index (χ4v) is 3.51. The molecule has 0 saturated heterocycles. The average molecular weight is 306 g/mol. The van der Waals surface area contributed by atoms with Gasteiger partial charge >= 0.3 is 5.97 Å². The number of carbonyl (C=O) groups is 1. The van der Waals surface area contributed by atoms with Crippen molar-refractivity contribution in [2.24, 2.45) is 0 Å². The zero-order valence-electron chi connectivity index (χ0n) is 12.7. The molecule has 2 aromatic carbocycles. The van der Waals surface area contributed by atoms with Crippen molar-refractivity contribution in [1.29, 1.82) is 0 Å². The van der Waals surface area contributed by atoms with Gasteiger partial charge in [0.1, 0.15) is 5.92 Å². The van der Waals surface area contributed by atoms with Gasteiger partial charge in [0.2, 0.25) is 0 Å². The summed E-state index contributed by atoms with van der Waals surface area (Å²) in [6.07, 6.45) is 0.845. The van der Waals surface area contributed by atoms with E-state index in [0.717, 1.165) is 40.8 Å². The molecule has 0 amide bonds. The monoisotopic (exact) mass is 306 g/mol. The zero-order chi connectivity index (χ0) is 15.8. The third-order valence-electron chi connectivity index (χ3n) is 4.65. The lowest BCUT2D eigenvalue weighted by molar-refractivity contribution is -0.138. The molecule has 4 heteroatoms. The lowest BCUT2D eigenvalue weighted by Gasteiger charge is -2.25. The number of hydrogen-bond acceptors (Lipinski definition) is 2. The molecule has 0 saturated carbocycles. The fraction of sp³-hybridized carbons (Fsp3) is 0.211. The van der Waals surface area contributed by atoms with E-state index in [1.807, 2.05) is 48.5 Å². The minimum absolute atomic E-state index is 0.485. The van der Waals surface area contributed by atoms with Crippen molar-refractivity contribution in [1.82, 2.24) is 4.98 Å². The average Bonchev–Trinajstić information content (AvgIpc) is 2.83. The number of benzene rings is 2. The molecule has 1 aromatic heterocycles. The van der Waals surface area contributed by atoms with Crippen LogP contribution in [0.5, 0.6) is 0 Å². The number of rotatable bonds is 2. The zero-order valence-corrected chi connectivity index (χ0v) is 12.7. The normalized spacial score (nSPS) is 17.7. The Hall–Kier alpha value is -2.75. The highest BCUT2D eigenvalue weighted by molar-refractivity contribution is 5.88. The van der Waals surface area contributed by atoms with Crippen molar-refractivity contribution in [3.63, 3.8) is 0 Å². The van der Waals surface area contributed by atoms with Crippen molar-refractivity contribution in [2.75, 3.05) is 18.0 Å². The first-order valence-corrected chi connectivity index (χ1v) is 7.86. The number of aromatic nitrogens is 1. The lowest BCUT2D eigenvalue weighted by atomic mass is 10.00. The number of H-pyrrole nitrogens is 1. The van der Waals surface area contributed by atoms with E-state index < -0.39 is 11.9 Å². The first-order valence-electron chi connectivity index (χ1n) is 7.86. The van der Waals surface area contributed by atoms with Gasteiger partial charge in [-0.15, -0.1) is 0 Å². The maximum Gasteiger partial charge on any atom is 0.314 e. The van der Waals surface area contributed by atoms with Crippen LogP contribution in [-0.4, -0.2) is 29.1 Å². The summed E-state index contributed by atoms with van der Waals surface area (Å²) in [7, 11) is 0. The van der Waals surface area contributed by atoms with Gasteiger partial charge in [-0.25, -0.2) is 0 Å². The molecule has 23 heavy (non-hydrogen) atoms. The Morgan fingerprint density at radius 2 is 1.83 bits per heavy atom. The summed E-state index contributed by atoms with van der Waals surface area (Å²) < 4.78 is 0. The molecule has 1 atom stereocenters. The molecule has 4 nitrogen and oxygen atoms in total. The molecule has 1 aliphatic rings. The predicted octanol–water partition coefficient (Wildman–Crippen LogP) is 3.40. The van der Waals surface area contributed by atoms with Crippen molar-refractivity contribution < 1.29 is 9.90 Å². The van der Waals surface area contributed by atoms with E-state index in [4.69, 9.17) is 0 Å². The van der Waals surface area contributed by atoms with Crippen LogP contribution in [0.15, 0.2) is 54.6 Å². The Morgan fingerprint density at radius 1 is 1.09 bits per heavy atom. The van der Waals surface area contributed by atoms with E-state index in [-0.39, 0.29) is 0 Å². The number of fused-ring (bicyclic) bond motifs is 3. The van der Waals surface area contributed by atoms with Crippen molar-refractivity contribution in [2.45, 2.75) is 12.3 Å². The summed E-state index contributed by atoms with van der Waals surface area (Å²) >= 11 is 0. The van der Waals surface area contributed by atoms with Gasteiger partial charge in [0.25, 0.3) is 0 Å². The Bertz CT molecular complexity index is 854.